The molecule has 11 atom stereocenters. The Bertz CT molecular complexity index is 1200. The first-order chi connectivity index (χ1) is 22.1. The van der Waals surface area contributed by atoms with Crippen LogP contribution in [0.5, 0.6) is 0 Å². The van der Waals surface area contributed by atoms with Gasteiger partial charge in [-0.15, -0.1) is 6.58 Å². The van der Waals surface area contributed by atoms with Crippen molar-refractivity contribution in [3.05, 3.63) is 36.0 Å². The third-order valence-electron chi connectivity index (χ3n) is 14.8. The highest BCUT2D eigenvalue weighted by Crippen LogP contribution is 2.75. The van der Waals surface area contributed by atoms with Gasteiger partial charge in [-0.2, -0.15) is 13.2 Å². The molecular weight excluding hydrogens is 604 g/mol. The third kappa shape index (κ3) is 6.41. The number of halogens is 4. The number of nitrogens with two attached hydrogens (primary N) is 1. The van der Waals surface area contributed by atoms with Crippen LogP contribution in [0.3, 0.4) is 0 Å². The summed E-state index contributed by atoms with van der Waals surface area (Å²) in [6.45, 7) is 14.9. The molecule has 4 nitrogen and oxygen atoms in total. The SMILES string of the molecule is C=CC.CC1C(C2=CCC(C(=O)O)CC2)=CCC2(C)C1CCC1(C)C2CCC2C3CCCC3(NC(CN)C(F)(F)F)CC[C@]21C.CF. The lowest BCUT2D eigenvalue weighted by Gasteiger charge is -2.71. The van der Waals surface area contributed by atoms with Crippen molar-refractivity contribution in [1.29, 1.82) is 0 Å². The number of nitrogens with one attached hydrogen (secondary N) is 1. The first-order valence-corrected chi connectivity index (χ1v) is 18.2. The zero-order valence-corrected chi connectivity index (χ0v) is 29.8. The Hall–Kier alpha value is -1.67. The molecule has 0 bridgehead atoms. The predicted octanol–water partition coefficient (Wildman–Crippen LogP) is 9.81. The lowest BCUT2D eigenvalue weighted by Crippen LogP contribution is -2.68. The van der Waals surface area contributed by atoms with E-state index in [0.29, 0.717) is 43.2 Å². The molecule has 6 rings (SSSR count). The summed E-state index contributed by atoms with van der Waals surface area (Å²) in [4.78, 5) is 11.5. The summed E-state index contributed by atoms with van der Waals surface area (Å²) in [6, 6.07) is -1.62. The molecule has 6 aliphatic rings. The number of aliphatic carboxylic acids is 1. The summed E-state index contributed by atoms with van der Waals surface area (Å²) in [5, 5.41) is 12.6. The van der Waals surface area contributed by atoms with Crippen molar-refractivity contribution >= 4 is 5.97 Å². The van der Waals surface area contributed by atoms with Crippen LogP contribution in [0.25, 0.3) is 0 Å². The van der Waals surface area contributed by atoms with Gasteiger partial charge >= 0.3 is 12.1 Å². The van der Waals surface area contributed by atoms with Gasteiger partial charge in [-0.3, -0.25) is 14.5 Å². The minimum atomic E-state index is -4.32. The summed E-state index contributed by atoms with van der Waals surface area (Å²) in [5.74, 6) is 1.52. The minimum Gasteiger partial charge on any atom is -0.481 e. The first kappa shape index (κ1) is 38.1. The fraction of sp³-hybridized carbons (Fsp3) is 0.821. The Kier molecular flexibility index (Phi) is 11.6. The second-order valence-corrected chi connectivity index (χ2v) is 16.5. The van der Waals surface area contributed by atoms with Crippen molar-refractivity contribution in [2.75, 3.05) is 13.7 Å². The molecule has 268 valence electrons. The van der Waals surface area contributed by atoms with Crippen LogP contribution in [-0.2, 0) is 4.79 Å². The van der Waals surface area contributed by atoms with Gasteiger partial charge in [0.15, 0.2) is 0 Å². The van der Waals surface area contributed by atoms with Gasteiger partial charge in [0.25, 0.3) is 0 Å². The van der Waals surface area contributed by atoms with E-state index in [9.17, 15) is 27.5 Å². The van der Waals surface area contributed by atoms with Gasteiger partial charge in [-0.25, -0.2) is 0 Å². The van der Waals surface area contributed by atoms with E-state index >= 15 is 0 Å². The molecule has 0 aromatic carbocycles. The van der Waals surface area contributed by atoms with Crippen molar-refractivity contribution in [1.82, 2.24) is 5.32 Å². The van der Waals surface area contributed by atoms with Crippen molar-refractivity contribution in [2.45, 2.75) is 136 Å². The molecule has 4 fully saturated rings. The summed E-state index contributed by atoms with van der Waals surface area (Å²) in [7, 11) is 0.500. The molecule has 4 N–H and O–H groups in total. The lowest BCUT2D eigenvalue weighted by atomic mass is 9.34. The predicted molar refractivity (Wildman–Crippen MR) is 182 cm³/mol. The molecule has 0 aromatic rings. The largest absolute Gasteiger partial charge is 0.481 e. The lowest BCUT2D eigenvalue weighted by molar-refractivity contribution is -0.217. The molecule has 6 aliphatic carbocycles. The zero-order chi connectivity index (χ0) is 35.0. The smallest absolute Gasteiger partial charge is 0.405 e. The van der Waals surface area contributed by atoms with Crippen molar-refractivity contribution in [3.63, 3.8) is 0 Å². The average molecular weight is 667 g/mol. The number of fused-ring (bicyclic) bond motifs is 7. The van der Waals surface area contributed by atoms with E-state index in [-0.39, 0.29) is 22.2 Å². The number of hydrogen-bond acceptors (Lipinski definition) is 3. The number of rotatable bonds is 5. The molecule has 0 heterocycles. The van der Waals surface area contributed by atoms with Crippen LogP contribution in [0.2, 0.25) is 0 Å². The molecule has 0 amide bonds. The van der Waals surface area contributed by atoms with E-state index in [1.165, 1.54) is 30.4 Å². The number of hydrogen-bond donors (Lipinski definition) is 3. The third-order valence-corrected chi connectivity index (χ3v) is 14.8. The van der Waals surface area contributed by atoms with Crippen LogP contribution >= 0.6 is 0 Å². The van der Waals surface area contributed by atoms with Crippen LogP contribution in [0.4, 0.5) is 17.6 Å². The average Bonchev–Trinajstić information content (AvgIpc) is 3.45. The molecule has 0 saturated heterocycles. The highest BCUT2D eigenvalue weighted by Gasteiger charge is 2.69. The van der Waals surface area contributed by atoms with E-state index in [0.717, 1.165) is 57.8 Å². The Balaban J connectivity index is 0.000000947. The minimum absolute atomic E-state index is 0.130. The number of allylic oxidation sites excluding steroid dienone is 5. The highest BCUT2D eigenvalue weighted by atomic mass is 19.4. The Morgan fingerprint density at radius 1 is 1.02 bits per heavy atom. The van der Waals surface area contributed by atoms with Gasteiger partial charge in [0.1, 0.15) is 6.04 Å². The topological polar surface area (TPSA) is 75.3 Å². The Labute approximate surface area is 281 Å². The maximum absolute atomic E-state index is 13.9. The van der Waals surface area contributed by atoms with E-state index < -0.39 is 30.3 Å². The normalized spacial score (nSPS) is 43.0. The molecule has 0 aromatic heterocycles. The second-order valence-electron chi connectivity index (χ2n) is 16.5. The molecular formula is C39H62F4N2O2. The van der Waals surface area contributed by atoms with Crippen LogP contribution in [0.15, 0.2) is 36.0 Å². The number of carboxylic acid groups (broad SMARTS) is 1. The van der Waals surface area contributed by atoms with Crippen molar-refractivity contribution < 1.29 is 27.5 Å². The number of carbonyl (C=O) groups is 1. The summed E-state index contributed by atoms with van der Waals surface area (Å²) >= 11 is 0. The molecule has 0 aliphatic heterocycles. The molecule has 47 heavy (non-hydrogen) atoms. The van der Waals surface area contributed by atoms with Gasteiger partial charge in [0.05, 0.1) is 13.1 Å². The molecule has 10 unspecified atom stereocenters. The van der Waals surface area contributed by atoms with Crippen LogP contribution < -0.4 is 11.1 Å². The fourth-order valence-electron chi connectivity index (χ4n) is 12.4. The quantitative estimate of drug-likeness (QED) is 0.202. The van der Waals surface area contributed by atoms with Crippen LogP contribution in [-0.4, -0.2) is 42.6 Å². The maximum Gasteiger partial charge on any atom is 0.405 e. The molecule has 0 radical (unpaired) electrons. The highest BCUT2D eigenvalue weighted by molar-refractivity contribution is 5.70. The standard InChI is InChI=1S/C35H53F3N2O2.C3H6.CH3F/c1-21-24(22-7-9-23(10-8-22)30(41)42)13-16-31(2)25(21)14-17-33(4)28(31)12-11-26-27-6-5-15-34(27,19-18-32(26,33)3)40-29(20-39)35(36,37)38;1-3-2;1-2/h7,13,21,23,25-29,40H,5-6,8-12,14-20,39H2,1-4H3,(H,41,42);3H,1H2,2H3;1H3/t21?,23?,25?,26?,27?,28?,29?,31?,32-,33?,34?;;/m1../s1. The second kappa shape index (κ2) is 14.3. The monoisotopic (exact) mass is 666 g/mol. The van der Waals surface area contributed by atoms with Crippen molar-refractivity contribution in [3.8, 4) is 0 Å². The van der Waals surface area contributed by atoms with E-state index in [1.54, 1.807) is 6.08 Å². The molecule has 0 spiro atoms. The molecule has 8 heteroatoms. The Morgan fingerprint density at radius 3 is 2.28 bits per heavy atom. The first-order valence-electron chi connectivity index (χ1n) is 18.2. The summed E-state index contributed by atoms with van der Waals surface area (Å²) in [6.07, 6.45) is 14.9. The molecule has 4 saturated carbocycles. The van der Waals surface area contributed by atoms with Gasteiger partial charge in [0, 0.05) is 12.1 Å². The maximum atomic E-state index is 13.9. The van der Waals surface area contributed by atoms with Gasteiger partial charge in [-0.05, 0) is 141 Å². The van der Waals surface area contributed by atoms with Crippen LogP contribution in [0, 0.1) is 51.8 Å². The fourth-order valence-corrected chi connectivity index (χ4v) is 12.4. The Morgan fingerprint density at radius 2 is 1.70 bits per heavy atom. The van der Waals surface area contributed by atoms with E-state index in [4.69, 9.17) is 5.73 Å². The summed E-state index contributed by atoms with van der Waals surface area (Å²) < 4.78 is 51.1. The number of alkyl halides is 4. The summed E-state index contributed by atoms with van der Waals surface area (Å²) in [5.41, 5.74) is 8.62. The number of carboxylic acids is 1. The van der Waals surface area contributed by atoms with Crippen LogP contribution in [0.1, 0.15) is 118 Å². The van der Waals surface area contributed by atoms with Gasteiger partial charge < -0.3 is 10.8 Å². The van der Waals surface area contributed by atoms with Gasteiger partial charge in [0.2, 0.25) is 0 Å². The van der Waals surface area contributed by atoms with Crippen molar-refractivity contribution in [2.24, 2.45) is 57.5 Å². The van der Waals surface area contributed by atoms with E-state index in [2.05, 4.69) is 51.7 Å². The van der Waals surface area contributed by atoms with E-state index in [1.807, 2.05) is 6.92 Å². The van der Waals surface area contributed by atoms with Gasteiger partial charge in [-0.1, -0.05) is 52.3 Å². The zero-order valence-electron chi connectivity index (χ0n) is 29.8.